The molecule has 1 fully saturated rings. The zero-order chi connectivity index (χ0) is 16.4. The fourth-order valence-electron chi connectivity index (χ4n) is 2.94. The van der Waals surface area contributed by atoms with Crippen molar-refractivity contribution in [1.29, 1.82) is 0 Å². The first kappa shape index (κ1) is 17.1. The summed E-state index contributed by atoms with van der Waals surface area (Å²) in [4.78, 5) is 0. The Bertz CT molecular complexity index is 619. The first-order valence-electron chi connectivity index (χ1n) is 8.04. The van der Waals surface area contributed by atoms with Crippen LogP contribution in [0.1, 0.15) is 25.0 Å². The van der Waals surface area contributed by atoms with Gasteiger partial charge in [0.15, 0.2) is 0 Å². The average Bonchev–Trinajstić information content (AvgIpc) is 2.86. The molecule has 23 heavy (non-hydrogen) atoms. The SMILES string of the molecule is C[C]1[CH][P][C](CP(c2ccccc2C)c2ccccc2C)[C]1C. The Labute approximate surface area is 144 Å². The van der Waals surface area contributed by atoms with Crippen LogP contribution in [0.2, 0.25) is 0 Å². The van der Waals surface area contributed by atoms with Crippen molar-refractivity contribution < 1.29 is 0 Å². The molecule has 0 bridgehead atoms. The topological polar surface area (TPSA) is 0 Å². The summed E-state index contributed by atoms with van der Waals surface area (Å²) < 4.78 is 0. The number of rotatable bonds is 4. The van der Waals surface area contributed by atoms with E-state index in [1.165, 1.54) is 48.3 Å². The van der Waals surface area contributed by atoms with Crippen LogP contribution in [0.25, 0.3) is 0 Å². The minimum atomic E-state index is -0.347. The Balaban J connectivity index is 1.98. The highest BCUT2D eigenvalue weighted by Gasteiger charge is 2.35. The Hall–Kier alpha value is -0.700. The second-order valence-corrected chi connectivity index (χ2v) is 9.36. The molecular weight excluding hydrogens is 314 g/mol. The fourth-order valence-corrected chi connectivity index (χ4v) is 7.27. The number of aryl methyl sites for hydroxylation is 2. The summed E-state index contributed by atoms with van der Waals surface area (Å²) in [5.74, 6) is 2.95. The molecule has 2 heteroatoms. The molecule has 1 heterocycles. The van der Waals surface area contributed by atoms with Crippen LogP contribution in [0.5, 0.6) is 0 Å². The maximum absolute atomic E-state index is 2.36. The zero-order valence-corrected chi connectivity index (χ0v) is 16.1. The van der Waals surface area contributed by atoms with Crippen molar-refractivity contribution in [2.75, 3.05) is 6.16 Å². The van der Waals surface area contributed by atoms with Crippen molar-refractivity contribution in [3.8, 4) is 0 Å². The molecule has 2 aromatic carbocycles. The third-order valence-electron chi connectivity index (χ3n) is 4.56. The minimum absolute atomic E-state index is 0.347. The van der Waals surface area contributed by atoms with Crippen LogP contribution >= 0.6 is 16.5 Å². The van der Waals surface area contributed by atoms with Crippen LogP contribution in [-0.4, -0.2) is 6.16 Å². The lowest BCUT2D eigenvalue weighted by Gasteiger charge is -2.26. The van der Waals surface area contributed by atoms with Crippen LogP contribution in [-0.2, 0) is 0 Å². The van der Waals surface area contributed by atoms with Gasteiger partial charge in [0.25, 0.3) is 0 Å². The van der Waals surface area contributed by atoms with E-state index in [-0.39, 0.29) is 7.92 Å². The number of hydrogen-bond acceptors (Lipinski definition) is 0. The predicted octanol–water partition coefficient (Wildman–Crippen LogP) is 5.58. The van der Waals surface area contributed by atoms with E-state index in [0.717, 1.165) is 0 Å². The van der Waals surface area contributed by atoms with Crippen molar-refractivity contribution in [1.82, 2.24) is 0 Å². The summed E-state index contributed by atoms with van der Waals surface area (Å²) in [5.41, 5.74) is 4.43. The van der Waals surface area contributed by atoms with E-state index in [1.54, 1.807) is 5.66 Å². The summed E-state index contributed by atoms with van der Waals surface area (Å²) in [6, 6.07) is 17.8. The molecule has 0 saturated carbocycles. The molecule has 1 aliphatic heterocycles. The van der Waals surface area contributed by atoms with E-state index >= 15 is 0 Å². The Morgan fingerprint density at radius 2 is 1.30 bits per heavy atom. The molecule has 3 rings (SSSR count). The summed E-state index contributed by atoms with van der Waals surface area (Å²) in [6.45, 7) is 9.02. The quantitative estimate of drug-likeness (QED) is 0.639. The van der Waals surface area contributed by atoms with Gasteiger partial charge in [0.1, 0.15) is 0 Å². The number of benzene rings is 2. The van der Waals surface area contributed by atoms with Gasteiger partial charge in [-0.15, -0.1) is 0 Å². The van der Waals surface area contributed by atoms with Gasteiger partial charge in [0, 0.05) is 5.66 Å². The lowest BCUT2D eigenvalue weighted by molar-refractivity contribution is 1.02. The van der Waals surface area contributed by atoms with Gasteiger partial charge in [-0.05, 0) is 67.7 Å². The van der Waals surface area contributed by atoms with Crippen molar-refractivity contribution in [3.05, 3.63) is 83.3 Å². The summed E-state index contributed by atoms with van der Waals surface area (Å²) in [6.07, 6.45) is 3.53. The molecule has 0 spiro atoms. The normalized spacial score (nSPS) is 18.3. The summed E-state index contributed by atoms with van der Waals surface area (Å²) in [7, 11) is 1.05. The highest BCUT2D eigenvalue weighted by atomic mass is 31.1. The Kier molecular flexibility index (Phi) is 5.56. The summed E-state index contributed by atoms with van der Waals surface area (Å²) >= 11 is 0. The molecule has 2 aromatic rings. The standard InChI is InChI=1S/C21H23P2/c1-15-9-5-7-11-20(15)23(21-12-8-6-10-16(21)2)14-19-18(4)17(3)13-22-19/h5-13H,14H2,1-4H3. The lowest BCUT2D eigenvalue weighted by Crippen LogP contribution is -2.21. The van der Waals surface area contributed by atoms with Gasteiger partial charge in [-0.1, -0.05) is 71.0 Å². The largest absolute Gasteiger partial charge is 0.0673 e. The van der Waals surface area contributed by atoms with Crippen LogP contribution in [0, 0.1) is 37.5 Å². The Morgan fingerprint density at radius 3 is 1.74 bits per heavy atom. The van der Waals surface area contributed by atoms with E-state index in [4.69, 9.17) is 0 Å². The van der Waals surface area contributed by atoms with Gasteiger partial charge in [0.2, 0.25) is 0 Å². The second-order valence-electron chi connectivity index (χ2n) is 6.17. The molecule has 0 aliphatic carbocycles. The lowest BCUT2D eigenvalue weighted by atomic mass is 9.96. The molecule has 1 aliphatic rings. The molecule has 0 nitrogen and oxygen atoms in total. The van der Waals surface area contributed by atoms with Gasteiger partial charge >= 0.3 is 0 Å². The molecule has 0 N–H and O–H groups in total. The zero-order valence-electron chi connectivity index (χ0n) is 14.3. The third-order valence-corrected chi connectivity index (χ3v) is 8.93. The molecule has 1 saturated heterocycles. The molecule has 0 amide bonds. The average molecular weight is 337 g/mol. The highest BCUT2D eigenvalue weighted by Crippen LogP contribution is 2.57. The van der Waals surface area contributed by atoms with Gasteiger partial charge in [0.05, 0.1) is 0 Å². The van der Waals surface area contributed by atoms with Crippen LogP contribution in [0.3, 0.4) is 0 Å². The van der Waals surface area contributed by atoms with E-state index in [2.05, 4.69) is 82.4 Å². The third kappa shape index (κ3) is 3.70. The number of hydrogen-bond donors (Lipinski definition) is 0. The van der Waals surface area contributed by atoms with Crippen molar-refractivity contribution in [2.45, 2.75) is 27.7 Å². The molecule has 0 atom stereocenters. The smallest absolute Gasteiger partial charge is 0.0166 e. The van der Waals surface area contributed by atoms with E-state index in [1.807, 2.05) is 0 Å². The maximum atomic E-state index is 2.36. The Morgan fingerprint density at radius 1 is 0.783 bits per heavy atom. The van der Waals surface area contributed by atoms with Crippen molar-refractivity contribution >= 4 is 27.1 Å². The molecule has 0 unspecified atom stereocenters. The van der Waals surface area contributed by atoms with Crippen molar-refractivity contribution in [2.24, 2.45) is 0 Å². The molecular formula is C21H23P2. The first-order valence-corrected chi connectivity index (χ1v) is 10.5. The molecule has 117 valence electrons. The van der Waals surface area contributed by atoms with Crippen molar-refractivity contribution in [3.63, 3.8) is 0 Å². The van der Waals surface area contributed by atoms with Gasteiger partial charge in [-0.25, -0.2) is 0 Å². The molecule has 5 radical (unpaired) electrons. The monoisotopic (exact) mass is 337 g/mol. The van der Waals surface area contributed by atoms with Gasteiger partial charge < -0.3 is 0 Å². The molecule has 0 aromatic heterocycles. The fraction of sp³-hybridized carbons (Fsp3) is 0.238. The summed E-state index contributed by atoms with van der Waals surface area (Å²) in [5, 5.41) is 3.05. The van der Waals surface area contributed by atoms with E-state index < -0.39 is 0 Å². The van der Waals surface area contributed by atoms with Crippen LogP contribution in [0.4, 0.5) is 0 Å². The first-order chi connectivity index (χ1) is 11.1. The van der Waals surface area contributed by atoms with Crippen LogP contribution < -0.4 is 10.6 Å². The van der Waals surface area contributed by atoms with Gasteiger partial charge in [-0.2, -0.15) is 0 Å². The van der Waals surface area contributed by atoms with Crippen LogP contribution in [0.15, 0.2) is 48.5 Å². The van der Waals surface area contributed by atoms with Gasteiger partial charge in [-0.3, -0.25) is 0 Å². The van der Waals surface area contributed by atoms with E-state index in [0.29, 0.717) is 0 Å². The second kappa shape index (κ2) is 7.46. The highest BCUT2D eigenvalue weighted by molar-refractivity contribution is 7.74. The minimum Gasteiger partial charge on any atom is -0.0673 e. The van der Waals surface area contributed by atoms with E-state index in [9.17, 15) is 0 Å². The predicted molar refractivity (Wildman–Crippen MR) is 106 cm³/mol. The maximum Gasteiger partial charge on any atom is 0.0166 e.